The van der Waals surface area contributed by atoms with Crippen LogP contribution in [-0.4, -0.2) is 66.1 Å². The largest absolute Gasteiger partial charge is 0.396 e. The van der Waals surface area contributed by atoms with Crippen molar-refractivity contribution in [3.05, 3.63) is 57.6 Å². The summed E-state index contributed by atoms with van der Waals surface area (Å²) in [6.45, 7) is 2.27. The van der Waals surface area contributed by atoms with E-state index < -0.39 is 6.10 Å². The third-order valence-electron chi connectivity index (χ3n) is 5.92. The Balaban J connectivity index is 2.26. The lowest BCUT2D eigenvalue weighted by Gasteiger charge is -2.16. The summed E-state index contributed by atoms with van der Waals surface area (Å²) in [7, 11) is 3.27. The fraction of sp³-hybridized carbons (Fsp3) is 0.400. The molecule has 3 rings (SSSR count). The highest BCUT2D eigenvalue weighted by molar-refractivity contribution is 5.89. The van der Waals surface area contributed by atoms with Gasteiger partial charge < -0.3 is 24.6 Å². The average molecular weight is 457 g/mol. The average Bonchev–Trinajstić information content (AvgIpc) is 3.11. The number of ether oxygens (including phenoxy) is 1. The Hall–Kier alpha value is -2.94. The van der Waals surface area contributed by atoms with Gasteiger partial charge in [0.25, 0.3) is 0 Å². The molecule has 0 saturated heterocycles. The molecule has 2 N–H and O–H groups in total. The molecule has 1 aromatic heterocycles. The number of carbonyl (C=O) groups excluding carboxylic acids is 2. The molecule has 1 aliphatic rings. The molecule has 33 heavy (non-hydrogen) atoms. The fourth-order valence-corrected chi connectivity index (χ4v) is 4.19. The Labute approximate surface area is 192 Å². The van der Waals surface area contributed by atoms with Gasteiger partial charge in [-0.1, -0.05) is 0 Å². The molecule has 0 radical (unpaired) electrons. The molecule has 1 atom stereocenters. The number of methoxy groups -OCH3 is 1. The quantitative estimate of drug-likeness (QED) is 0.322. The van der Waals surface area contributed by atoms with E-state index in [0.717, 1.165) is 22.9 Å². The van der Waals surface area contributed by atoms with Gasteiger partial charge in [0.2, 0.25) is 0 Å². The van der Waals surface area contributed by atoms with Crippen molar-refractivity contribution in [2.24, 2.45) is 0 Å². The highest BCUT2D eigenvalue weighted by Crippen LogP contribution is 2.38. The summed E-state index contributed by atoms with van der Waals surface area (Å²) in [5.74, 6) is -0.353. The molecule has 176 valence electrons. The molecular formula is C25H29FN2O5. The van der Waals surface area contributed by atoms with E-state index in [2.05, 4.69) is 0 Å². The maximum atomic E-state index is 14.4. The third kappa shape index (κ3) is 5.03. The molecule has 1 aliphatic heterocycles. The molecule has 2 heterocycles. The van der Waals surface area contributed by atoms with Crippen LogP contribution in [0.4, 0.5) is 4.39 Å². The summed E-state index contributed by atoms with van der Waals surface area (Å²) < 4.78 is 19.4. The van der Waals surface area contributed by atoms with Gasteiger partial charge >= 0.3 is 0 Å². The van der Waals surface area contributed by atoms with Crippen LogP contribution >= 0.6 is 0 Å². The number of nitrogens with zero attached hydrogens (tertiary/aromatic N) is 2. The zero-order valence-electron chi connectivity index (χ0n) is 19.1. The van der Waals surface area contributed by atoms with E-state index in [0.29, 0.717) is 54.4 Å². The van der Waals surface area contributed by atoms with Gasteiger partial charge in [-0.05, 0) is 55.0 Å². The lowest BCUT2D eigenvalue weighted by molar-refractivity contribution is -0.113. The van der Waals surface area contributed by atoms with Crippen molar-refractivity contribution < 1.29 is 28.9 Å². The molecule has 0 aliphatic carbocycles. The molecule has 0 saturated carbocycles. The van der Waals surface area contributed by atoms with Crippen LogP contribution in [0.25, 0.3) is 16.6 Å². The van der Waals surface area contributed by atoms with Crippen molar-refractivity contribution in [2.45, 2.75) is 38.8 Å². The van der Waals surface area contributed by atoms with Gasteiger partial charge in [-0.2, -0.15) is 0 Å². The number of rotatable bonds is 10. The van der Waals surface area contributed by atoms with Gasteiger partial charge in [-0.25, -0.2) is 9.37 Å². The third-order valence-corrected chi connectivity index (χ3v) is 5.92. The number of halogens is 1. The summed E-state index contributed by atoms with van der Waals surface area (Å²) >= 11 is 0. The molecule has 1 aromatic carbocycles. The highest BCUT2D eigenvalue weighted by atomic mass is 19.1. The van der Waals surface area contributed by atoms with Gasteiger partial charge in [0.1, 0.15) is 18.2 Å². The molecule has 7 nitrogen and oxygen atoms in total. The number of aliphatic hydroxyl groups is 2. The second-order valence-electron chi connectivity index (χ2n) is 8.21. The van der Waals surface area contributed by atoms with Crippen LogP contribution in [-0.2, 0) is 27.3 Å². The van der Waals surface area contributed by atoms with E-state index in [9.17, 15) is 24.2 Å². The minimum Gasteiger partial charge on any atom is -0.396 e. The Kier molecular flexibility index (Phi) is 8.07. The summed E-state index contributed by atoms with van der Waals surface area (Å²) in [5.41, 5.74) is 4.56. The van der Waals surface area contributed by atoms with Crippen molar-refractivity contribution in [1.29, 1.82) is 0 Å². The number of aryl methyl sites for hydroxylation is 2. The number of aldehydes is 2. The smallest absolute Gasteiger partial charge is 0.153 e. The van der Waals surface area contributed by atoms with Crippen LogP contribution in [0.5, 0.6) is 0 Å². The number of hydrogen-bond acceptors (Lipinski definition) is 7. The number of unbranched alkanes of at least 4 members (excludes halogenated alkanes) is 1. The van der Waals surface area contributed by atoms with Crippen molar-refractivity contribution in [2.75, 3.05) is 27.4 Å². The zero-order valence-corrected chi connectivity index (χ0v) is 19.1. The lowest BCUT2D eigenvalue weighted by Crippen LogP contribution is -2.17. The van der Waals surface area contributed by atoms with E-state index in [-0.39, 0.29) is 30.2 Å². The van der Waals surface area contributed by atoms with Crippen LogP contribution in [0.2, 0.25) is 0 Å². The molecule has 1 unspecified atom stereocenters. The van der Waals surface area contributed by atoms with Crippen LogP contribution in [0, 0.1) is 12.7 Å². The first-order valence-electron chi connectivity index (χ1n) is 10.8. The van der Waals surface area contributed by atoms with Crippen molar-refractivity contribution in [3.63, 3.8) is 0 Å². The number of aliphatic hydroxyl groups excluding tert-OH is 2. The second-order valence-corrected chi connectivity index (χ2v) is 8.21. The number of benzene rings is 1. The molecule has 0 fully saturated rings. The predicted octanol–water partition coefficient (Wildman–Crippen LogP) is 2.49. The number of hydrogen-bond donors (Lipinski definition) is 2. The lowest BCUT2D eigenvalue weighted by atomic mass is 9.95. The van der Waals surface area contributed by atoms with E-state index in [1.807, 2.05) is 11.9 Å². The monoisotopic (exact) mass is 456 g/mol. The number of fused-ring (bicyclic) bond motifs is 2. The first-order chi connectivity index (χ1) is 15.9. The van der Waals surface area contributed by atoms with Crippen LogP contribution in [0.1, 0.15) is 35.2 Å². The Morgan fingerprint density at radius 2 is 2.09 bits per heavy atom. The van der Waals surface area contributed by atoms with Gasteiger partial charge in [-0.15, -0.1) is 0 Å². The Morgan fingerprint density at radius 3 is 2.73 bits per heavy atom. The number of aromatic nitrogens is 1. The summed E-state index contributed by atoms with van der Waals surface area (Å²) in [5, 5.41) is 20.4. The van der Waals surface area contributed by atoms with Crippen LogP contribution < -0.4 is 0 Å². The van der Waals surface area contributed by atoms with E-state index >= 15 is 0 Å². The predicted molar refractivity (Wildman–Crippen MR) is 123 cm³/mol. The standard InChI is InChI=1S/C25H29FN2O5/c1-15-8-19-17(6-4-5-7-29)20-11-28(2)23(25(20)27-22(19)10-21(15)26)9-18(24(32)13-31)16(12-30)14-33-3/h8-10,12-13,24,29,32H,4-7,11,14H2,1-3H3/b18-16-,23-9-. The minimum absolute atomic E-state index is 0.0634. The summed E-state index contributed by atoms with van der Waals surface area (Å²) in [6, 6.07) is 3.22. The van der Waals surface area contributed by atoms with Gasteiger partial charge in [0.15, 0.2) is 6.29 Å². The van der Waals surface area contributed by atoms with Crippen molar-refractivity contribution >= 4 is 29.2 Å². The zero-order chi connectivity index (χ0) is 24.1. The fourth-order valence-electron chi connectivity index (χ4n) is 4.19. The van der Waals surface area contributed by atoms with Crippen LogP contribution in [0.3, 0.4) is 0 Å². The molecule has 8 heteroatoms. The maximum absolute atomic E-state index is 14.4. The summed E-state index contributed by atoms with van der Waals surface area (Å²) in [6.07, 6.45) is 3.09. The highest BCUT2D eigenvalue weighted by Gasteiger charge is 2.28. The van der Waals surface area contributed by atoms with Gasteiger partial charge in [-0.3, -0.25) is 4.79 Å². The first-order valence-corrected chi connectivity index (χ1v) is 10.8. The molecule has 2 aromatic rings. The van der Waals surface area contributed by atoms with Gasteiger partial charge in [0.05, 0.1) is 23.5 Å². The topological polar surface area (TPSA) is 100.0 Å². The molecule has 0 bridgehead atoms. The molecule has 0 spiro atoms. The molecule has 0 amide bonds. The number of carbonyl (C=O) groups is 2. The Bertz CT molecular complexity index is 1130. The molecular weight excluding hydrogens is 427 g/mol. The Morgan fingerprint density at radius 1 is 1.33 bits per heavy atom. The van der Waals surface area contributed by atoms with Crippen LogP contribution in [0.15, 0.2) is 29.4 Å². The number of pyridine rings is 1. The maximum Gasteiger partial charge on any atom is 0.153 e. The minimum atomic E-state index is -1.50. The normalized spacial score (nSPS) is 16.2. The van der Waals surface area contributed by atoms with E-state index in [1.54, 1.807) is 19.1 Å². The van der Waals surface area contributed by atoms with Gasteiger partial charge in [0, 0.05) is 49.9 Å². The first kappa shape index (κ1) is 24.7. The second kappa shape index (κ2) is 10.8. The van der Waals surface area contributed by atoms with Crippen molar-refractivity contribution in [3.8, 4) is 0 Å². The van der Waals surface area contributed by atoms with E-state index in [1.165, 1.54) is 13.2 Å². The SMILES string of the molecule is COC/C(C=O)=C(/C=C1/c2nc3cc(F)c(C)cc3c(CCCCO)c2CN1C)C(O)C=O. The van der Waals surface area contributed by atoms with Crippen molar-refractivity contribution in [1.82, 2.24) is 9.88 Å². The summed E-state index contributed by atoms with van der Waals surface area (Å²) in [4.78, 5) is 29.6. The van der Waals surface area contributed by atoms with E-state index in [4.69, 9.17) is 9.72 Å².